The summed E-state index contributed by atoms with van der Waals surface area (Å²) in [4.78, 5) is 18.1. The first-order valence-electron chi connectivity index (χ1n) is 21.8. The zero-order chi connectivity index (χ0) is 43.6. The van der Waals surface area contributed by atoms with Crippen molar-refractivity contribution in [3.05, 3.63) is 223 Å². The Balaban J connectivity index is 1.21. The van der Waals surface area contributed by atoms with Crippen molar-refractivity contribution in [1.29, 1.82) is 0 Å². The summed E-state index contributed by atoms with van der Waals surface area (Å²) in [6.07, 6.45) is 10.4. The molecule has 0 radical (unpaired) electrons. The highest BCUT2D eigenvalue weighted by molar-refractivity contribution is 8.07. The van der Waals surface area contributed by atoms with E-state index in [1.165, 1.54) is 38.7 Å². The molecule has 6 heteroatoms. The standard InChI is InChI=1S/C59H40N4OS/c1-36-16-7-8-17-37(2)65-38(3)32-48(36)58-60-57(44-24-15-23-41(33-44)39-18-5-4-6-19-39)61-59(62-58)55-51(31-29-47-46-26-13-14-27-53(46)64-56(47)55)63-50-30-28-40-20-11-12-25-45(40)54(50)49-34-42-21-9-10-22-43(42)35-52(49)63/h4-36H,2-3H2,1H3/b16-7-,17-8-,48-32+. The van der Waals surface area contributed by atoms with Crippen molar-refractivity contribution >= 4 is 82.6 Å². The summed E-state index contributed by atoms with van der Waals surface area (Å²) in [6.45, 7) is 10.9. The molecule has 308 valence electrons. The van der Waals surface area contributed by atoms with Gasteiger partial charge in [0.25, 0.3) is 0 Å². The fraction of sp³-hybridized carbons (Fsp3) is 0.0339. The maximum absolute atomic E-state index is 6.99. The van der Waals surface area contributed by atoms with Crippen LogP contribution in [-0.4, -0.2) is 19.5 Å². The zero-order valence-corrected chi connectivity index (χ0v) is 36.4. The van der Waals surface area contributed by atoms with Crippen LogP contribution >= 0.6 is 11.8 Å². The number of nitrogens with zero attached hydrogens (tertiary/aromatic N) is 4. The van der Waals surface area contributed by atoms with Gasteiger partial charge in [0.2, 0.25) is 0 Å². The molecule has 1 atom stereocenters. The number of fused-ring (bicyclic) bond motifs is 9. The Morgan fingerprint density at radius 1 is 0.538 bits per heavy atom. The van der Waals surface area contributed by atoms with Crippen LogP contribution in [0.1, 0.15) is 12.7 Å². The van der Waals surface area contributed by atoms with E-state index in [0.717, 1.165) is 76.1 Å². The predicted molar refractivity (Wildman–Crippen MR) is 274 cm³/mol. The molecule has 1 aliphatic heterocycles. The average molecular weight is 853 g/mol. The fourth-order valence-electron chi connectivity index (χ4n) is 9.43. The van der Waals surface area contributed by atoms with Crippen LogP contribution in [0.3, 0.4) is 0 Å². The zero-order valence-electron chi connectivity index (χ0n) is 35.6. The molecule has 0 aliphatic carbocycles. The van der Waals surface area contributed by atoms with Gasteiger partial charge in [-0.05, 0) is 87.3 Å². The minimum atomic E-state index is -0.0671. The summed E-state index contributed by atoms with van der Waals surface area (Å²) in [5.74, 6) is 1.55. The lowest BCUT2D eigenvalue weighted by molar-refractivity contribution is 0.669. The number of furan rings is 1. The van der Waals surface area contributed by atoms with Crippen molar-refractivity contribution in [3.8, 4) is 39.6 Å². The average Bonchev–Trinajstić information content (AvgIpc) is 3.89. The SMILES string of the molecule is C=C1/C=C\C=C/C(C)/C(c2nc(-c3cccc(-c4ccccc4)c3)nc(-c3c(-n4c5cc6ccccc6cc5c5c6ccccc6ccc54)ccc4c3oc3ccccc34)n2)=C\C(=C)S1. The maximum Gasteiger partial charge on any atom is 0.169 e. The molecule has 3 aromatic heterocycles. The Labute approximate surface area is 380 Å². The van der Waals surface area contributed by atoms with Crippen LogP contribution in [0, 0.1) is 5.92 Å². The smallest absolute Gasteiger partial charge is 0.169 e. The van der Waals surface area contributed by atoms with Crippen molar-refractivity contribution in [2.24, 2.45) is 5.92 Å². The molecular weight excluding hydrogens is 813 g/mol. The van der Waals surface area contributed by atoms with Crippen LogP contribution in [0.25, 0.3) is 110 Å². The van der Waals surface area contributed by atoms with Gasteiger partial charge >= 0.3 is 0 Å². The first-order chi connectivity index (χ1) is 31.9. The van der Waals surface area contributed by atoms with E-state index in [-0.39, 0.29) is 5.92 Å². The molecule has 0 saturated carbocycles. The normalized spacial score (nSPS) is 16.4. The summed E-state index contributed by atoms with van der Waals surface area (Å²) >= 11 is 1.53. The molecule has 8 aromatic carbocycles. The molecule has 0 fully saturated rings. The van der Waals surface area contributed by atoms with Crippen LogP contribution in [0.4, 0.5) is 0 Å². The number of thioether (sulfide) groups is 1. The third-order valence-corrected chi connectivity index (χ3v) is 13.3. The van der Waals surface area contributed by atoms with Crippen molar-refractivity contribution < 1.29 is 4.42 Å². The van der Waals surface area contributed by atoms with Gasteiger partial charge in [-0.25, -0.2) is 15.0 Å². The lowest BCUT2D eigenvalue weighted by Gasteiger charge is -2.18. The molecule has 0 bridgehead atoms. The van der Waals surface area contributed by atoms with Crippen molar-refractivity contribution in [2.45, 2.75) is 6.92 Å². The second kappa shape index (κ2) is 15.6. The Bertz CT molecular complexity index is 3870. The lowest BCUT2D eigenvalue weighted by atomic mass is 9.98. The summed E-state index contributed by atoms with van der Waals surface area (Å²) in [5.41, 5.74) is 9.29. The van der Waals surface area contributed by atoms with Crippen LogP contribution in [0.5, 0.6) is 0 Å². The number of para-hydroxylation sites is 1. The second-order valence-electron chi connectivity index (χ2n) is 16.6. The van der Waals surface area contributed by atoms with E-state index < -0.39 is 0 Å². The van der Waals surface area contributed by atoms with Gasteiger partial charge in [-0.3, -0.25) is 0 Å². The summed E-state index contributed by atoms with van der Waals surface area (Å²) < 4.78 is 9.38. The molecule has 1 aliphatic rings. The molecule has 0 N–H and O–H groups in total. The quantitative estimate of drug-likeness (QED) is 0.173. The van der Waals surface area contributed by atoms with E-state index in [1.807, 2.05) is 30.4 Å². The van der Waals surface area contributed by atoms with Crippen LogP contribution in [0.15, 0.2) is 222 Å². The van der Waals surface area contributed by atoms with Crippen molar-refractivity contribution in [3.63, 3.8) is 0 Å². The van der Waals surface area contributed by atoms with E-state index in [2.05, 4.69) is 188 Å². The first kappa shape index (κ1) is 38.6. The minimum Gasteiger partial charge on any atom is -0.455 e. The predicted octanol–water partition coefficient (Wildman–Crippen LogP) is 16.1. The van der Waals surface area contributed by atoms with Crippen molar-refractivity contribution in [1.82, 2.24) is 19.5 Å². The molecule has 0 amide bonds. The number of allylic oxidation sites excluding steroid dienone is 6. The largest absolute Gasteiger partial charge is 0.455 e. The van der Waals surface area contributed by atoms with E-state index in [1.54, 1.807) is 0 Å². The third kappa shape index (κ3) is 6.69. The van der Waals surface area contributed by atoms with Gasteiger partial charge in [-0.15, -0.1) is 0 Å². The Kier molecular flexibility index (Phi) is 9.28. The highest BCUT2D eigenvalue weighted by atomic mass is 32.2. The Morgan fingerprint density at radius 2 is 1.25 bits per heavy atom. The lowest BCUT2D eigenvalue weighted by Crippen LogP contribution is -2.08. The van der Waals surface area contributed by atoms with Crippen LogP contribution in [0.2, 0.25) is 0 Å². The molecule has 0 spiro atoms. The van der Waals surface area contributed by atoms with Gasteiger partial charge in [-0.1, -0.05) is 171 Å². The summed E-state index contributed by atoms with van der Waals surface area (Å²) in [7, 11) is 0. The minimum absolute atomic E-state index is 0.0671. The topological polar surface area (TPSA) is 56.7 Å². The molecule has 4 heterocycles. The van der Waals surface area contributed by atoms with E-state index in [4.69, 9.17) is 19.4 Å². The van der Waals surface area contributed by atoms with Gasteiger partial charge in [0, 0.05) is 48.4 Å². The third-order valence-electron chi connectivity index (χ3n) is 12.5. The van der Waals surface area contributed by atoms with Crippen molar-refractivity contribution in [2.75, 3.05) is 0 Å². The van der Waals surface area contributed by atoms with Crippen LogP contribution < -0.4 is 0 Å². The summed E-state index contributed by atoms with van der Waals surface area (Å²) in [5, 5.41) is 9.08. The number of hydrogen-bond donors (Lipinski definition) is 0. The maximum atomic E-state index is 6.99. The van der Waals surface area contributed by atoms with Gasteiger partial charge in [0.1, 0.15) is 11.2 Å². The van der Waals surface area contributed by atoms with E-state index >= 15 is 0 Å². The Hall–Kier alpha value is -8.06. The second-order valence-corrected chi connectivity index (χ2v) is 17.8. The molecule has 5 nitrogen and oxygen atoms in total. The molecule has 65 heavy (non-hydrogen) atoms. The van der Waals surface area contributed by atoms with E-state index in [0.29, 0.717) is 23.1 Å². The molecule has 12 rings (SSSR count). The molecule has 0 saturated heterocycles. The number of benzene rings is 8. The van der Waals surface area contributed by atoms with Gasteiger partial charge < -0.3 is 8.98 Å². The highest BCUT2D eigenvalue weighted by Gasteiger charge is 2.26. The van der Waals surface area contributed by atoms with E-state index in [9.17, 15) is 0 Å². The highest BCUT2D eigenvalue weighted by Crippen LogP contribution is 2.45. The number of rotatable bonds is 5. The molecular formula is C59H40N4OS. The van der Waals surface area contributed by atoms with Gasteiger partial charge in [-0.2, -0.15) is 0 Å². The Morgan fingerprint density at radius 3 is 2.11 bits per heavy atom. The monoisotopic (exact) mass is 852 g/mol. The summed E-state index contributed by atoms with van der Waals surface area (Å²) in [6, 6.07) is 57.8. The molecule has 1 unspecified atom stereocenters. The fourth-order valence-corrected chi connectivity index (χ4v) is 10.1. The number of aromatic nitrogens is 4. The van der Waals surface area contributed by atoms with Gasteiger partial charge in [0.15, 0.2) is 17.5 Å². The van der Waals surface area contributed by atoms with Gasteiger partial charge in [0.05, 0.1) is 22.3 Å². The molecule has 11 aromatic rings. The number of hydrogen-bond acceptors (Lipinski definition) is 5. The van der Waals surface area contributed by atoms with Crippen LogP contribution in [-0.2, 0) is 0 Å². The first-order valence-corrected chi connectivity index (χ1v) is 22.6.